The lowest BCUT2D eigenvalue weighted by Gasteiger charge is -2.50. The molecule has 0 heterocycles. The lowest BCUT2D eigenvalue weighted by atomic mass is 9.74. The first-order chi connectivity index (χ1) is 9.87. The zero-order valence-corrected chi connectivity index (χ0v) is 14.7. The van der Waals surface area contributed by atoms with Crippen molar-refractivity contribution in [1.82, 2.24) is 9.80 Å². The maximum Gasteiger partial charge on any atom is 0.229 e. The second-order valence-corrected chi connectivity index (χ2v) is 7.12. The van der Waals surface area contributed by atoms with Crippen molar-refractivity contribution in [3.8, 4) is 0 Å². The van der Waals surface area contributed by atoms with Gasteiger partial charge in [0.25, 0.3) is 0 Å². The molecule has 124 valence electrons. The lowest BCUT2D eigenvalue weighted by molar-refractivity contribution is -0.144. The summed E-state index contributed by atoms with van der Waals surface area (Å²) in [6.07, 6.45) is 7.46. The molecule has 0 aromatic carbocycles. The zero-order valence-electron chi connectivity index (χ0n) is 14.7. The summed E-state index contributed by atoms with van der Waals surface area (Å²) < 4.78 is 0. The second kappa shape index (κ2) is 7.59. The molecule has 1 amide bonds. The molecule has 21 heavy (non-hydrogen) atoms. The van der Waals surface area contributed by atoms with E-state index in [0.717, 1.165) is 32.2 Å². The predicted molar refractivity (Wildman–Crippen MR) is 89.2 cm³/mol. The maximum absolute atomic E-state index is 13.0. The summed E-state index contributed by atoms with van der Waals surface area (Å²) in [5.74, 6) is 0.252. The molecule has 0 saturated heterocycles. The van der Waals surface area contributed by atoms with Gasteiger partial charge < -0.3 is 15.5 Å². The molecular weight excluding hydrogens is 262 g/mol. The number of carbonyl (C=O) groups is 1. The van der Waals surface area contributed by atoms with Gasteiger partial charge in [0.1, 0.15) is 0 Å². The van der Waals surface area contributed by atoms with Crippen LogP contribution in [0.5, 0.6) is 0 Å². The lowest BCUT2D eigenvalue weighted by Crippen LogP contribution is -2.59. The molecule has 0 aromatic rings. The minimum Gasteiger partial charge on any atom is -0.343 e. The van der Waals surface area contributed by atoms with E-state index in [9.17, 15) is 4.79 Å². The van der Waals surface area contributed by atoms with Crippen LogP contribution >= 0.6 is 0 Å². The molecule has 4 nitrogen and oxygen atoms in total. The summed E-state index contributed by atoms with van der Waals surface area (Å²) >= 11 is 0. The van der Waals surface area contributed by atoms with E-state index >= 15 is 0 Å². The Kier molecular flexibility index (Phi) is 6.67. The first-order valence-electron chi connectivity index (χ1n) is 8.50. The predicted octanol–water partition coefficient (Wildman–Crippen LogP) is 2.47. The number of rotatable bonds is 9. The van der Waals surface area contributed by atoms with Crippen molar-refractivity contribution in [3.05, 3.63) is 0 Å². The molecule has 0 aromatic heterocycles. The fraction of sp³-hybridized carbons (Fsp3) is 0.941. The normalized spacial score (nSPS) is 17.7. The van der Waals surface area contributed by atoms with Gasteiger partial charge in [-0.25, -0.2) is 0 Å². The fourth-order valence-electron chi connectivity index (χ4n) is 3.84. The summed E-state index contributed by atoms with van der Waals surface area (Å²) in [4.78, 5) is 17.3. The third-order valence-corrected chi connectivity index (χ3v) is 5.41. The van der Waals surface area contributed by atoms with E-state index in [4.69, 9.17) is 5.73 Å². The highest BCUT2D eigenvalue weighted by Gasteiger charge is 2.44. The van der Waals surface area contributed by atoms with Crippen LogP contribution in [0.15, 0.2) is 0 Å². The van der Waals surface area contributed by atoms with E-state index in [-0.39, 0.29) is 16.9 Å². The van der Waals surface area contributed by atoms with Gasteiger partial charge in [-0.1, -0.05) is 26.7 Å². The Morgan fingerprint density at radius 1 is 1.14 bits per heavy atom. The highest BCUT2D eigenvalue weighted by molar-refractivity contribution is 5.83. The Labute approximate surface area is 131 Å². The molecule has 1 rings (SSSR count). The Morgan fingerprint density at radius 2 is 1.67 bits per heavy atom. The van der Waals surface area contributed by atoms with E-state index in [1.54, 1.807) is 0 Å². The van der Waals surface area contributed by atoms with Gasteiger partial charge >= 0.3 is 0 Å². The topological polar surface area (TPSA) is 49.6 Å². The summed E-state index contributed by atoms with van der Waals surface area (Å²) in [5, 5.41) is 0. The summed E-state index contributed by atoms with van der Waals surface area (Å²) in [7, 11) is 6.22. The number of carbonyl (C=O) groups excluding carboxylic acids is 1. The molecule has 0 aliphatic heterocycles. The van der Waals surface area contributed by atoms with Crippen molar-refractivity contribution in [2.24, 2.45) is 11.1 Å². The van der Waals surface area contributed by atoms with Crippen LogP contribution in [0, 0.1) is 5.41 Å². The summed E-state index contributed by atoms with van der Waals surface area (Å²) in [6, 6.07) is 0. The highest BCUT2D eigenvalue weighted by Crippen LogP contribution is 2.38. The first kappa shape index (κ1) is 18.4. The molecule has 0 atom stereocenters. The number of hydrogen-bond donors (Lipinski definition) is 1. The van der Waals surface area contributed by atoms with E-state index in [1.165, 1.54) is 19.3 Å². The average molecular weight is 297 g/mol. The van der Waals surface area contributed by atoms with E-state index in [2.05, 4.69) is 32.8 Å². The van der Waals surface area contributed by atoms with Crippen LogP contribution in [0.1, 0.15) is 58.8 Å². The molecule has 0 spiro atoms. The van der Waals surface area contributed by atoms with Crippen molar-refractivity contribution in [2.45, 2.75) is 64.3 Å². The molecule has 1 aliphatic rings. The van der Waals surface area contributed by atoms with Crippen LogP contribution < -0.4 is 5.73 Å². The van der Waals surface area contributed by atoms with Crippen LogP contribution in [0.4, 0.5) is 0 Å². The molecule has 0 bridgehead atoms. The summed E-state index contributed by atoms with van der Waals surface area (Å²) in [5.41, 5.74) is 5.86. The monoisotopic (exact) mass is 297 g/mol. The summed E-state index contributed by atoms with van der Waals surface area (Å²) in [6.45, 7) is 5.57. The number of nitrogens with two attached hydrogens (primary N) is 1. The minimum atomic E-state index is -0.352. The van der Waals surface area contributed by atoms with Gasteiger partial charge in [0.05, 0.1) is 5.41 Å². The molecule has 2 N–H and O–H groups in total. The Bertz CT molecular complexity index is 331. The van der Waals surface area contributed by atoms with Crippen molar-refractivity contribution in [1.29, 1.82) is 0 Å². The van der Waals surface area contributed by atoms with Gasteiger partial charge in [0.15, 0.2) is 0 Å². The largest absolute Gasteiger partial charge is 0.343 e. The van der Waals surface area contributed by atoms with Crippen LogP contribution in [-0.2, 0) is 4.79 Å². The zero-order chi connectivity index (χ0) is 16.1. The standard InChI is InChI=1S/C17H35N3O/c1-6-9-16(13-18,10-7-2)15(21)20(5)14-17(19(3)4)11-8-12-17/h6-14,18H2,1-5H3. The second-order valence-electron chi connectivity index (χ2n) is 7.12. The third kappa shape index (κ3) is 3.78. The third-order valence-electron chi connectivity index (χ3n) is 5.41. The van der Waals surface area contributed by atoms with Crippen LogP contribution in [-0.4, -0.2) is 55.5 Å². The quantitative estimate of drug-likeness (QED) is 0.711. The Hall–Kier alpha value is -0.610. The number of likely N-dealkylation sites (N-methyl/N-ethyl adjacent to an activating group) is 2. The van der Waals surface area contributed by atoms with Crippen LogP contribution in [0.3, 0.4) is 0 Å². The molecule has 0 unspecified atom stereocenters. The van der Waals surface area contributed by atoms with Crippen molar-refractivity contribution in [2.75, 3.05) is 34.2 Å². The number of nitrogens with zero attached hydrogens (tertiary/aromatic N) is 2. The number of amides is 1. The molecule has 1 aliphatic carbocycles. The SMILES string of the molecule is CCCC(CN)(CCC)C(=O)N(C)CC1(N(C)C)CCC1. The molecular formula is C17H35N3O. The molecule has 1 saturated carbocycles. The van der Waals surface area contributed by atoms with Gasteiger partial charge in [-0.3, -0.25) is 4.79 Å². The van der Waals surface area contributed by atoms with Gasteiger partial charge in [0.2, 0.25) is 5.91 Å². The van der Waals surface area contributed by atoms with Gasteiger partial charge in [-0.05, 0) is 46.2 Å². The fourth-order valence-corrected chi connectivity index (χ4v) is 3.84. The molecule has 0 radical (unpaired) electrons. The van der Waals surface area contributed by atoms with Crippen LogP contribution in [0.2, 0.25) is 0 Å². The maximum atomic E-state index is 13.0. The highest BCUT2D eigenvalue weighted by atomic mass is 16.2. The Balaban J connectivity index is 2.82. The van der Waals surface area contributed by atoms with Gasteiger partial charge in [-0.2, -0.15) is 0 Å². The van der Waals surface area contributed by atoms with Crippen molar-refractivity contribution >= 4 is 5.91 Å². The molecule has 1 fully saturated rings. The Morgan fingerprint density at radius 3 is 1.95 bits per heavy atom. The average Bonchev–Trinajstić information content (AvgIpc) is 2.40. The van der Waals surface area contributed by atoms with Crippen molar-refractivity contribution < 1.29 is 4.79 Å². The van der Waals surface area contributed by atoms with Gasteiger partial charge in [0, 0.05) is 25.7 Å². The van der Waals surface area contributed by atoms with E-state index in [0.29, 0.717) is 6.54 Å². The van der Waals surface area contributed by atoms with E-state index in [1.807, 2.05) is 11.9 Å². The van der Waals surface area contributed by atoms with Gasteiger partial charge in [-0.15, -0.1) is 0 Å². The van der Waals surface area contributed by atoms with Crippen molar-refractivity contribution in [3.63, 3.8) is 0 Å². The van der Waals surface area contributed by atoms with E-state index < -0.39 is 0 Å². The molecule has 4 heteroatoms. The minimum absolute atomic E-state index is 0.184. The van der Waals surface area contributed by atoms with Crippen LogP contribution in [0.25, 0.3) is 0 Å². The smallest absolute Gasteiger partial charge is 0.229 e. The first-order valence-corrected chi connectivity index (χ1v) is 8.50. The number of hydrogen-bond acceptors (Lipinski definition) is 3.